The highest BCUT2D eigenvalue weighted by Crippen LogP contribution is 2.14. The predicted molar refractivity (Wildman–Crippen MR) is 62.4 cm³/mol. The molecule has 0 atom stereocenters. The number of carbonyl (C=O) groups is 1. The second-order valence-corrected chi connectivity index (χ2v) is 3.58. The number of anilines is 1. The van der Waals surface area contributed by atoms with Gasteiger partial charge in [-0.25, -0.2) is 4.79 Å². The third-order valence-electron chi connectivity index (χ3n) is 2.00. The standard InChI is InChI=1S/C12H17NO3/c1-10(2)16-9-13(12(14)15-3)11-7-5-4-6-8-11/h4-8,10H,9H2,1-3H3. The second-order valence-electron chi connectivity index (χ2n) is 3.58. The minimum Gasteiger partial charge on any atom is -0.452 e. The van der Waals surface area contributed by atoms with E-state index < -0.39 is 6.09 Å². The van der Waals surface area contributed by atoms with Crippen LogP contribution in [0, 0.1) is 0 Å². The highest BCUT2D eigenvalue weighted by molar-refractivity contribution is 5.87. The molecule has 1 aromatic carbocycles. The topological polar surface area (TPSA) is 38.8 Å². The van der Waals surface area contributed by atoms with Crippen LogP contribution >= 0.6 is 0 Å². The fraction of sp³-hybridized carbons (Fsp3) is 0.417. The van der Waals surface area contributed by atoms with Crippen LogP contribution in [0.5, 0.6) is 0 Å². The normalized spacial score (nSPS) is 10.2. The predicted octanol–water partition coefficient (Wildman–Crippen LogP) is 2.64. The Morgan fingerprint density at radius 3 is 2.44 bits per heavy atom. The maximum absolute atomic E-state index is 11.5. The van der Waals surface area contributed by atoms with E-state index in [0.717, 1.165) is 5.69 Å². The first kappa shape index (κ1) is 12.5. The van der Waals surface area contributed by atoms with Crippen LogP contribution in [0.2, 0.25) is 0 Å². The molecule has 0 radical (unpaired) electrons. The molecule has 1 rings (SSSR count). The van der Waals surface area contributed by atoms with Crippen LogP contribution in [-0.2, 0) is 9.47 Å². The summed E-state index contributed by atoms with van der Waals surface area (Å²) < 4.78 is 10.1. The molecule has 0 aliphatic heterocycles. The number of ether oxygens (including phenoxy) is 2. The molecule has 0 unspecified atom stereocenters. The van der Waals surface area contributed by atoms with Crippen LogP contribution in [0.3, 0.4) is 0 Å². The number of para-hydroxylation sites is 1. The van der Waals surface area contributed by atoms with Crippen LogP contribution < -0.4 is 4.90 Å². The van der Waals surface area contributed by atoms with Crippen molar-refractivity contribution in [2.24, 2.45) is 0 Å². The van der Waals surface area contributed by atoms with Crippen molar-refractivity contribution < 1.29 is 14.3 Å². The number of hydrogen-bond donors (Lipinski definition) is 0. The minimum atomic E-state index is -0.424. The molecule has 0 aliphatic carbocycles. The zero-order chi connectivity index (χ0) is 12.0. The molecule has 1 aromatic rings. The van der Waals surface area contributed by atoms with Gasteiger partial charge in [0.1, 0.15) is 6.73 Å². The fourth-order valence-corrected chi connectivity index (χ4v) is 1.17. The Kier molecular flexibility index (Phi) is 4.79. The van der Waals surface area contributed by atoms with E-state index in [4.69, 9.17) is 9.47 Å². The number of carbonyl (C=O) groups excluding carboxylic acids is 1. The van der Waals surface area contributed by atoms with Gasteiger partial charge in [-0.15, -0.1) is 0 Å². The second kappa shape index (κ2) is 6.12. The summed E-state index contributed by atoms with van der Waals surface area (Å²) in [6, 6.07) is 9.28. The highest BCUT2D eigenvalue weighted by Gasteiger charge is 2.16. The SMILES string of the molecule is COC(=O)N(COC(C)C)c1ccccc1. The monoisotopic (exact) mass is 223 g/mol. The van der Waals surface area contributed by atoms with Crippen molar-refractivity contribution in [2.45, 2.75) is 20.0 Å². The molecule has 1 amide bonds. The first-order chi connectivity index (χ1) is 7.65. The molecule has 4 nitrogen and oxygen atoms in total. The summed E-state index contributed by atoms with van der Waals surface area (Å²) in [6.45, 7) is 4.02. The first-order valence-electron chi connectivity index (χ1n) is 5.17. The Morgan fingerprint density at radius 2 is 1.94 bits per heavy atom. The van der Waals surface area contributed by atoms with E-state index >= 15 is 0 Å². The molecular weight excluding hydrogens is 206 g/mol. The molecule has 0 aromatic heterocycles. The minimum absolute atomic E-state index is 0.0656. The molecule has 0 bridgehead atoms. The number of hydrogen-bond acceptors (Lipinski definition) is 3. The van der Waals surface area contributed by atoms with Gasteiger partial charge in [0.15, 0.2) is 0 Å². The Morgan fingerprint density at radius 1 is 1.31 bits per heavy atom. The van der Waals surface area contributed by atoms with Gasteiger partial charge in [-0.05, 0) is 26.0 Å². The van der Waals surface area contributed by atoms with Crippen LogP contribution in [0.25, 0.3) is 0 Å². The Bertz CT molecular complexity index is 324. The maximum Gasteiger partial charge on any atom is 0.415 e. The summed E-state index contributed by atoms with van der Waals surface area (Å²) >= 11 is 0. The lowest BCUT2D eigenvalue weighted by Gasteiger charge is -2.22. The number of benzene rings is 1. The first-order valence-corrected chi connectivity index (χ1v) is 5.17. The lowest BCUT2D eigenvalue weighted by Crippen LogP contribution is -2.34. The summed E-state index contributed by atoms with van der Waals surface area (Å²) in [5, 5.41) is 0. The van der Waals surface area contributed by atoms with Crippen molar-refractivity contribution in [1.82, 2.24) is 0 Å². The Hall–Kier alpha value is -1.55. The van der Waals surface area contributed by atoms with Crippen molar-refractivity contribution in [3.05, 3.63) is 30.3 Å². The van der Waals surface area contributed by atoms with Crippen LogP contribution in [0.4, 0.5) is 10.5 Å². The van der Waals surface area contributed by atoms with E-state index in [1.807, 2.05) is 44.2 Å². The lowest BCUT2D eigenvalue weighted by atomic mass is 10.3. The average Bonchev–Trinajstić information content (AvgIpc) is 2.30. The third kappa shape index (κ3) is 3.55. The van der Waals surface area contributed by atoms with Gasteiger partial charge in [0.2, 0.25) is 0 Å². The molecule has 0 fully saturated rings. The summed E-state index contributed by atoms with van der Waals surface area (Å²) in [6.07, 6.45) is -0.359. The third-order valence-corrected chi connectivity index (χ3v) is 2.00. The van der Waals surface area contributed by atoms with E-state index in [2.05, 4.69) is 0 Å². The van der Waals surface area contributed by atoms with Gasteiger partial charge in [0, 0.05) is 5.69 Å². The molecule has 0 aliphatic rings. The number of amides is 1. The summed E-state index contributed by atoms with van der Waals surface area (Å²) in [4.78, 5) is 13.0. The van der Waals surface area contributed by atoms with E-state index in [0.29, 0.717) is 0 Å². The molecule has 0 heterocycles. The van der Waals surface area contributed by atoms with Crippen LogP contribution in [-0.4, -0.2) is 26.0 Å². The van der Waals surface area contributed by atoms with Gasteiger partial charge in [0.25, 0.3) is 0 Å². The number of rotatable bonds is 4. The summed E-state index contributed by atoms with van der Waals surface area (Å²) in [5.74, 6) is 0. The zero-order valence-corrected chi connectivity index (χ0v) is 9.84. The maximum atomic E-state index is 11.5. The van der Waals surface area contributed by atoms with Gasteiger partial charge in [-0.3, -0.25) is 4.90 Å². The molecule has 88 valence electrons. The van der Waals surface area contributed by atoms with Gasteiger partial charge < -0.3 is 9.47 Å². The van der Waals surface area contributed by atoms with Gasteiger partial charge >= 0.3 is 6.09 Å². The lowest BCUT2D eigenvalue weighted by molar-refractivity contribution is 0.0758. The van der Waals surface area contributed by atoms with Gasteiger partial charge in [-0.2, -0.15) is 0 Å². The quantitative estimate of drug-likeness (QED) is 0.736. The zero-order valence-electron chi connectivity index (χ0n) is 9.84. The average molecular weight is 223 g/mol. The van der Waals surface area contributed by atoms with Gasteiger partial charge in [-0.1, -0.05) is 18.2 Å². The summed E-state index contributed by atoms with van der Waals surface area (Å²) in [7, 11) is 1.35. The van der Waals surface area contributed by atoms with E-state index in [1.54, 1.807) is 0 Å². The van der Waals surface area contributed by atoms with Crippen molar-refractivity contribution in [3.8, 4) is 0 Å². The molecule has 0 saturated carbocycles. The van der Waals surface area contributed by atoms with E-state index in [-0.39, 0.29) is 12.8 Å². The van der Waals surface area contributed by atoms with Crippen LogP contribution in [0.1, 0.15) is 13.8 Å². The molecule has 0 saturated heterocycles. The van der Waals surface area contributed by atoms with Crippen LogP contribution in [0.15, 0.2) is 30.3 Å². The Labute approximate surface area is 95.8 Å². The van der Waals surface area contributed by atoms with Crippen molar-refractivity contribution in [2.75, 3.05) is 18.7 Å². The highest BCUT2D eigenvalue weighted by atomic mass is 16.6. The number of methoxy groups -OCH3 is 1. The van der Waals surface area contributed by atoms with E-state index in [1.165, 1.54) is 12.0 Å². The molecule has 0 N–H and O–H groups in total. The fourth-order valence-electron chi connectivity index (χ4n) is 1.17. The molecule has 0 spiro atoms. The molecule has 4 heteroatoms. The number of nitrogens with zero attached hydrogens (tertiary/aromatic N) is 1. The van der Waals surface area contributed by atoms with Gasteiger partial charge in [0.05, 0.1) is 13.2 Å². The van der Waals surface area contributed by atoms with Crippen molar-refractivity contribution >= 4 is 11.8 Å². The van der Waals surface area contributed by atoms with E-state index in [9.17, 15) is 4.79 Å². The molecule has 16 heavy (non-hydrogen) atoms. The summed E-state index contributed by atoms with van der Waals surface area (Å²) in [5.41, 5.74) is 0.759. The van der Waals surface area contributed by atoms with Crippen molar-refractivity contribution in [1.29, 1.82) is 0 Å². The Balaban J connectivity index is 2.76. The largest absolute Gasteiger partial charge is 0.452 e. The smallest absolute Gasteiger partial charge is 0.415 e. The molecular formula is C12H17NO3. The van der Waals surface area contributed by atoms with Crippen molar-refractivity contribution in [3.63, 3.8) is 0 Å².